The van der Waals surface area contributed by atoms with Crippen molar-refractivity contribution in [3.63, 3.8) is 0 Å². The molecule has 19 heavy (non-hydrogen) atoms. The van der Waals surface area contributed by atoms with Gasteiger partial charge in [0.2, 0.25) is 0 Å². The second-order valence-corrected chi connectivity index (χ2v) is 6.34. The zero-order valence-corrected chi connectivity index (χ0v) is 12.7. The number of halogens is 2. The molecule has 1 heterocycles. The summed E-state index contributed by atoms with van der Waals surface area (Å²) in [5.41, 5.74) is 6.64. The van der Waals surface area contributed by atoms with Gasteiger partial charge in [0.05, 0.1) is 13.2 Å². The molecule has 1 saturated heterocycles. The van der Waals surface area contributed by atoms with E-state index in [1.807, 2.05) is 13.1 Å². The lowest BCUT2D eigenvalue weighted by Crippen LogP contribution is -2.54. The van der Waals surface area contributed by atoms with Crippen LogP contribution < -0.4 is 5.73 Å². The second-order valence-electron chi connectivity index (χ2n) is 5.42. The highest BCUT2D eigenvalue weighted by atomic mass is 79.9. The van der Waals surface area contributed by atoms with Gasteiger partial charge in [-0.05, 0) is 37.2 Å². The Balaban J connectivity index is 1.86. The van der Waals surface area contributed by atoms with Crippen LogP contribution in [0.3, 0.4) is 0 Å². The number of nitrogens with zero attached hydrogens (tertiary/aromatic N) is 1. The molecule has 1 aromatic carbocycles. The van der Waals surface area contributed by atoms with E-state index in [0.717, 1.165) is 36.3 Å². The van der Waals surface area contributed by atoms with Crippen LogP contribution in [0.4, 0.5) is 4.39 Å². The topological polar surface area (TPSA) is 38.5 Å². The normalized spacial score (nSPS) is 17.5. The van der Waals surface area contributed by atoms with Crippen LogP contribution >= 0.6 is 15.9 Å². The third kappa shape index (κ3) is 3.75. The number of hydrogen-bond acceptors (Lipinski definition) is 3. The van der Waals surface area contributed by atoms with Crippen molar-refractivity contribution < 1.29 is 9.13 Å². The van der Waals surface area contributed by atoms with Gasteiger partial charge in [0.25, 0.3) is 0 Å². The van der Waals surface area contributed by atoms with Gasteiger partial charge in [-0.15, -0.1) is 0 Å². The van der Waals surface area contributed by atoms with Crippen molar-refractivity contribution in [2.45, 2.75) is 6.42 Å². The van der Waals surface area contributed by atoms with Crippen molar-refractivity contribution >= 4 is 15.9 Å². The summed E-state index contributed by atoms with van der Waals surface area (Å²) in [6, 6.07) is 5.06. The predicted octanol–water partition coefficient (Wildman–Crippen LogP) is 2.04. The molecule has 2 rings (SSSR count). The summed E-state index contributed by atoms with van der Waals surface area (Å²) in [7, 11) is 2.05. The van der Waals surface area contributed by atoms with E-state index in [1.165, 1.54) is 6.07 Å². The van der Waals surface area contributed by atoms with Crippen LogP contribution in [0, 0.1) is 11.2 Å². The Labute approximate surface area is 122 Å². The predicted molar refractivity (Wildman–Crippen MR) is 77.6 cm³/mol. The Hall–Kier alpha value is -0.490. The maximum absolute atomic E-state index is 13.6. The first-order valence-electron chi connectivity index (χ1n) is 6.45. The summed E-state index contributed by atoms with van der Waals surface area (Å²) in [6.45, 7) is 3.83. The summed E-state index contributed by atoms with van der Waals surface area (Å²) in [5.74, 6) is -0.142. The van der Waals surface area contributed by atoms with Crippen LogP contribution in [0.25, 0.3) is 0 Å². The largest absolute Gasteiger partial charge is 0.380 e. The maximum atomic E-state index is 13.6. The van der Waals surface area contributed by atoms with E-state index in [2.05, 4.69) is 20.8 Å². The van der Waals surface area contributed by atoms with E-state index in [9.17, 15) is 4.39 Å². The first-order valence-corrected chi connectivity index (χ1v) is 7.24. The molecule has 0 atom stereocenters. The first-order chi connectivity index (χ1) is 9.04. The summed E-state index contributed by atoms with van der Waals surface area (Å²) >= 11 is 3.37. The molecular formula is C14H20BrFN2O. The lowest BCUT2D eigenvalue weighted by molar-refractivity contribution is -0.117. The highest BCUT2D eigenvalue weighted by molar-refractivity contribution is 9.10. The fourth-order valence-corrected chi connectivity index (χ4v) is 2.77. The molecule has 3 nitrogen and oxygen atoms in total. The van der Waals surface area contributed by atoms with Crippen LogP contribution in [0.1, 0.15) is 5.56 Å². The molecule has 0 aromatic heterocycles. The van der Waals surface area contributed by atoms with E-state index in [0.29, 0.717) is 13.0 Å². The fourth-order valence-electron chi connectivity index (χ4n) is 2.36. The zero-order chi connectivity index (χ0) is 13.9. The minimum absolute atomic E-state index is 0.102. The Morgan fingerprint density at radius 2 is 2.21 bits per heavy atom. The molecule has 2 N–H and O–H groups in total. The Bertz CT molecular complexity index is 432. The highest BCUT2D eigenvalue weighted by Crippen LogP contribution is 2.27. The third-order valence-electron chi connectivity index (χ3n) is 3.63. The molecule has 1 aliphatic rings. The van der Waals surface area contributed by atoms with Gasteiger partial charge in [-0.1, -0.05) is 15.9 Å². The van der Waals surface area contributed by atoms with E-state index in [-0.39, 0.29) is 11.2 Å². The molecule has 1 fully saturated rings. The summed E-state index contributed by atoms with van der Waals surface area (Å²) in [5, 5.41) is 0. The standard InChI is InChI=1S/C14H20BrFN2O/c1-18(8-14(7-17)9-19-10-14)5-4-11-6-12(15)2-3-13(11)16/h2-3,6H,4-5,7-10,17H2,1H3. The number of ether oxygens (including phenoxy) is 1. The molecule has 0 unspecified atom stereocenters. The average Bonchev–Trinajstić information content (AvgIpc) is 2.35. The Morgan fingerprint density at radius 1 is 1.47 bits per heavy atom. The van der Waals surface area contributed by atoms with Gasteiger partial charge in [-0.2, -0.15) is 0 Å². The van der Waals surface area contributed by atoms with Crippen LogP contribution in [-0.2, 0) is 11.2 Å². The minimum Gasteiger partial charge on any atom is -0.380 e. The molecule has 0 bridgehead atoms. The van der Waals surface area contributed by atoms with Crippen LogP contribution in [0.2, 0.25) is 0 Å². The third-order valence-corrected chi connectivity index (χ3v) is 4.12. The highest BCUT2D eigenvalue weighted by Gasteiger charge is 2.37. The monoisotopic (exact) mass is 330 g/mol. The molecule has 0 amide bonds. The lowest BCUT2D eigenvalue weighted by atomic mass is 9.85. The summed E-state index contributed by atoms with van der Waals surface area (Å²) in [6.07, 6.45) is 0.698. The second kappa shape index (κ2) is 6.31. The van der Waals surface area contributed by atoms with E-state index < -0.39 is 0 Å². The number of nitrogens with two attached hydrogens (primary N) is 1. The van der Waals surface area contributed by atoms with Crippen LogP contribution in [0.5, 0.6) is 0 Å². The van der Waals surface area contributed by atoms with Gasteiger partial charge in [0.1, 0.15) is 5.82 Å². The van der Waals surface area contributed by atoms with Gasteiger partial charge in [0, 0.05) is 29.5 Å². The number of rotatable bonds is 6. The lowest BCUT2D eigenvalue weighted by Gasteiger charge is -2.43. The molecule has 5 heteroatoms. The van der Waals surface area contributed by atoms with Crippen molar-refractivity contribution in [2.75, 3.05) is 39.9 Å². The van der Waals surface area contributed by atoms with Crippen molar-refractivity contribution in [3.05, 3.63) is 34.1 Å². The van der Waals surface area contributed by atoms with E-state index in [4.69, 9.17) is 10.5 Å². The number of likely N-dealkylation sites (N-methyl/N-ethyl adjacent to an activating group) is 1. The first kappa shape index (κ1) is 14.9. The Morgan fingerprint density at radius 3 is 2.79 bits per heavy atom. The molecule has 1 aromatic rings. The van der Waals surface area contributed by atoms with Gasteiger partial charge in [-0.25, -0.2) is 4.39 Å². The fraction of sp³-hybridized carbons (Fsp3) is 0.571. The van der Waals surface area contributed by atoms with E-state index in [1.54, 1.807) is 6.07 Å². The quantitative estimate of drug-likeness (QED) is 0.867. The molecule has 106 valence electrons. The SMILES string of the molecule is CN(CCc1cc(Br)ccc1F)CC1(CN)COC1. The molecule has 0 radical (unpaired) electrons. The van der Waals surface area contributed by atoms with Gasteiger partial charge < -0.3 is 15.4 Å². The van der Waals surface area contributed by atoms with Crippen LogP contribution in [-0.4, -0.2) is 44.8 Å². The smallest absolute Gasteiger partial charge is 0.126 e. The summed E-state index contributed by atoms with van der Waals surface area (Å²) < 4.78 is 19.8. The summed E-state index contributed by atoms with van der Waals surface area (Å²) in [4.78, 5) is 2.20. The average molecular weight is 331 g/mol. The van der Waals surface area contributed by atoms with Crippen molar-refractivity contribution in [3.8, 4) is 0 Å². The maximum Gasteiger partial charge on any atom is 0.126 e. The van der Waals surface area contributed by atoms with Crippen LogP contribution in [0.15, 0.2) is 22.7 Å². The number of benzene rings is 1. The molecular weight excluding hydrogens is 311 g/mol. The van der Waals surface area contributed by atoms with Gasteiger partial charge in [0.15, 0.2) is 0 Å². The molecule has 0 aliphatic carbocycles. The number of hydrogen-bond donors (Lipinski definition) is 1. The van der Waals surface area contributed by atoms with E-state index >= 15 is 0 Å². The van der Waals surface area contributed by atoms with Crippen molar-refractivity contribution in [1.82, 2.24) is 4.90 Å². The molecule has 0 saturated carbocycles. The molecule has 0 spiro atoms. The van der Waals surface area contributed by atoms with Gasteiger partial charge in [-0.3, -0.25) is 0 Å². The van der Waals surface area contributed by atoms with Crippen molar-refractivity contribution in [1.29, 1.82) is 0 Å². The van der Waals surface area contributed by atoms with Gasteiger partial charge >= 0.3 is 0 Å². The zero-order valence-electron chi connectivity index (χ0n) is 11.2. The minimum atomic E-state index is -0.142. The van der Waals surface area contributed by atoms with Crippen molar-refractivity contribution in [2.24, 2.45) is 11.1 Å². The molecule has 1 aliphatic heterocycles. The Kier molecular flexibility index (Phi) is 4.95.